The first-order valence-electron chi connectivity index (χ1n) is 8.58. The monoisotopic (exact) mass is 316 g/mol. The molecule has 5 heteroatoms. The van der Waals surface area contributed by atoms with Crippen LogP contribution in [0.5, 0.6) is 0 Å². The van der Waals surface area contributed by atoms with Crippen molar-refractivity contribution >= 4 is 5.91 Å². The van der Waals surface area contributed by atoms with Crippen LogP contribution in [-0.4, -0.2) is 67.3 Å². The molecule has 23 heavy (non-hydrogen) atoms. The molecule has 3 atom stereocenters. The molecule has 0 saturated carbocycles. The molecule has 0 unspecified atom stereocenters. The Hall–Kier alpha value is -1.43. The number of benzene rings is 1. The molecule has 3 fully saturated rings. The summed E-state index contributed by atoms with van der Waals surface area (Å²) >= 11 is 0. The van der Waals surface area contributed by atoms with Crippen LogP contribution >= 0.6 is 0 Å². The standard InChI is InChI=1S/C18H24N2O3/c21-18(20-6-8-22-9-7-20)16-10-15-12-19(13-17(16)23-15)11-14-4-2-1-3-5-14/h1-5,15-17H,6-13H2/t15-,16+,17-/m1/s1. The average molecular weight is 316 g/mol. The predicted molar refractivity (Wildman–Crippen MR) is 85.9 cm³/mol. The third kappa shape index (κ3) is 3.27. The second-order valence-corrected chi connectivity index (χ2v) is 6.76. The Morgan fingerprint density at radius 2 is 1.91 bits per heavy atom. The zero-order valence-electron chi connectivity index (χ0n) is 13.4. The summed E-state index contributed by atoms with van der Waals surface area (Å²) in [6.07, 6.45) is 1.12. The van der Waals surface area contributed by atoms with Gasteiger partial charge in [0.25, 0.3) is 0 Å². The number of rotatable bonds is 3. The zero-order chi connectivity index (χ0) is 15.6. The van der Waals surface area contributed by atoms with Crippen LogP contribution in [0.15, 0.2) is 30.3 Å². The maximum atomic E-state index is 12.8. The number of carbonyl (C=O) groups excluding carboxylic acids is 1. The minimum atomic E-state index is 0.0267. The SMILES string of the molecule is O=C([C@H]1C[C@@H]2CN(Cc3ccccc3)C[C@H]1O2)N1CCOCC1. The molecule has 3 aliphatic heterocycles. The van der Waals surface area contributed by atoms with Crippen molar-refractivity contribution in [1.29, 1.82) is 0 Å². The third-order valence-electron chi connectivity index (χ3n) is 5.12. The molecule has 3 heterocycles. The summed E-state index contributed by atoms with van der Waals surface area (Å²) in [5.74, 6) is 0.293. The molecule has 3 aliphatic rings. The quantitative estimate of drug-likeness (QED) is 0.838. The van der Waals surface area contributed by atoms with Crippen molar-refractivity contribution in [2.45, 2.75) is 25.2 Å². The van der Waals surface area contributed by atoms with Gasteiger partial charge in [0, 0.05) is 32.7 Å². The van der Waals surface area contributed by atoms with Gasteiger partial charge in [0.15, 0.2) is 0 Å². The molecule has 1 amide bonds. The van der Waals surface area contributed by atoms with Crippen molar-refractivity contribution in [2.75, 3.05) is 39.4 Å². The minimum absolute atomic E-state index is 0.0267. The predicted octanol–water partition coefficient (Wildman–Crippen LogP) is 1.13. The van der Waals surface area contributed by atoms with Gasteiger partial charge < -0.3 is 14.4 Å². The second kappa shape index (κ2) is 6.59. The molecule has 0 N–H and O–H groups in total. The van der Waals surface area contributed by atoms with Crippen LogP contribution in [-0.2, 0) is 20.8 Å². The van der Waals surface area contributed by atoms with E-state index in [1.54, 1.807) is 0 Å². The van der Waals surface area contributed by atoms with Crippen LogP contribution in [0, 0.1) is 5.92 Å². The molecule has 3 saturated heterocycles. The molecule has 1 aromatic carbocycles. The summed E-state index contributed by atoms with van der Waals surface area (Å²) in [5.41, 5.74) is 1.32. The molecule has 5 nitrogen and oxygen atoms in total. The van der Waals surface area contributed by atoms with E-state index in [0.717, 1.165) is 39.1 Å². The Morgan fingerprint density at radius 3 is 2.70 bits per heavy atom. The van der Waals surface area contributed by atoms with Crippen LogP contribution in [0.4, 0.5) is 0 Å². The van der Waals surface area contributed by atoms with E-state index < -0.39 is 0 Å². The van der Waals surface area contributed by atoms with E-state index in [1.807, 2.05) is 11.0 Å². The Kier molecular flexibility index (Phi) is 4.33. The maximum Gasteiger partial charge on any atom is 0.228 e. The average Bonchev–Trinajstić information content (AvgIpc) is 2.90. The highest BCUT2D eigenvalue weighted by Crippen LogP contribution is 2.33. The van der Waals surface area contributed by atoms with E-state index in [1.165, 1.54) is 5.56 Å². The first-order valence-corrected chi connectivity index (χ1v) is 8.58. The van der Waals surface area contributed by atoms with E-state index >= 15 is 0 Å². The number of ether oxygens (including phenoxy) is 2. The molecule has 0 radical (unpaired) electrons. The lowest BCUT2D eigenvalue weighted by Crippen LogP contribution is -2.48. The fourth-order valence-electron chi connectivity index (χ4n) is 3.99. The van der Waals surface area contributed by atoms with Gasteiger partial charge in [-0.25, -0.2) is 0 Å². The number of fused-ring (bicyclic) bond motifs is 2. The van der Waals surface area contributed by atoms with Crippen molar-refractivity contribution in [1.82, 2.24) is 9.80 Å². The fourth-order valence-corrected chi connectivity index (χ4v) is 3.99. The van der Waals surface area contributed by atoms with Gasteiger partial charge in [-0.1, -0.05) is 30.3 Å². The van der Waals surface area contributed by atoms with E-state index in [9.17, 15) is 4.79 Å². The van der Waals surface area contributed by atoms with E-state index in [4.69, 9.17) is 9.47 Å². The molecule has 124 valence electrons. The number of likely N-dealkylation sites (tertiary alicyclic amines) is 1. The van der Waals surface area contributed by atoms with Gasteiger partial charge in [-0.05, 0) is 12.0 Å². The summed E-state index contributed by atoms with van der Waals surface area (Å²) in [6.45, 7) is 5.49. The second-order valence-electron chi connectivity index (χ2n) is 6.76. The number of carbonyl (C=O) groups is 1. The van der Waals surface area contributed by atoms with Crippen LogP contribution in [0.25, 0.3) is 0 Å². The van der Waals surface area contributed by atoms with Crippen molar-refractivity contribution < 1.29 is 14.3 Å². The highest BCUT2D eigenvalue weighted by molar-refractivity contribution is 5.80. The van der Waals surface area contributed by atoms with Gasteiger partial charge in [-0.15, -0.1) is 0 Å². The molecule has 0 spiro atoms. The molecular weight excluding hydrogens is 292 g/mol. The fraction of sp³-hybridized carbons (Fsp3) is 0.611. The van der Waals surface area contributed by atoms with Gasteiger partial charge in [0.05, 0.1) is 31.3 Å². The zero-order valence-corrected chi connectivity index (χ0v) is 13.4. The van der Waals surface area contributed by atoms with Crippen molar-refractivity contribution in [2.24, 2.45) is 5.92 Å². The normalized spacial score (nSPS) is 31.3. The van der Waals surface area contributed by atoms with Gasteiger partial charge >= 0.3 is 0 Å². The van der Waals surface area contributed by atoms with E-state index in [0.29, 0.717) is 13.2 Å². The minimum Gasteiger partial charge on any atom is -0.378 e. The summed E-state index contributed by atoms with van der Waals surface area (Å²) in [4.78, 5) is 17.2. The number of hydrogen-bond donors (Lipinski definition) is 0. The van der Waals surface area contributed by atoms with Crippen molar-refractivity contribution in [3.05, 3.63) is 35.9 Å². The van der Waals surface area contributed by atoms with Crippen LogP contribution < -0.4 is 0 Å². The Bertz CT molecular complexity index is 544. The summed E-state index contributed by atoms with van der Waals surface area (Å²) in [7, 11) is 0. The van der Waals surface area contributed by atoms with Crippen LogP contribution in [0.2, 0.25) is 0 Å². The lowest BCUT2D eigenvalue weighted by atomic mass is 9.98. The summed E-state index contributed by atoms with van der Waals surface area (Å²) in [5, 5.41) is 0. The highest BCUT2D eigenvalue weighted by atomic mass is 16.5. The Labute approximate surface area is 137 Å². The smallest absolute Gasteiger partial charge is 0.228 e. The molecule has 1 aromatic rings. The largest absolute Gasteiger partial charge is 0.378 e. The number of amides is 1. The lowest BCUT2D eigenvalue weighted by Gasteiger charge is -2.34. The molecule has 2 bridgehead atoms. The Morgan fingerprint density at radius 1 is 1.13 bits per heavy atom. The van der Waals surface area contributed by atoms with Gasteiger partial charge in [-0.2, -0.15) is 0 Å². The number of hydrogen-bond acceptors (Lipinski definition) is 4. The van der Waals surface area contributed by atoms with E-state index in [2.05, 4.69) is 29.2 Å². The van der Waals surface area contributed by atoms with Crippen molar-refractivity contribution in [3.8, 4) is 0 Å². The van der Waals surface area contributed by atoms with Crippen LogP contribution in [0.1, 0.15) is 12.0 Å². The topological polar surface area (TPSA) is 42.0 Å². The van der Waals surface area contributed by atoms with Crippen molar-refractivity contribution in [3.63, 3.8) is 0 Å². The number of morpholine rings is 2. The van der Waals surface area contributed by atoms with Gasteiger partial charge in [0.1, 0.15) is 0 Å². The third-order valence-corrected chi connectivity index (χ3v) is 5.12. The summed E-state index contributed by atoms with van der Waals surface area (Å²) in [6, 6.07) is 10.5. The number of nitrogens with zero attached hydrogens (tertiary/aromatic N) is 2. The Balaban J connectivity index is 1.39. The highest BCUT2D eigenvalue weighted by Gasteiger charge is 2.45. The lowest BCUT2D eigenvalue weighted by molar-refractivity contribution is -0.142. The molecule has 0 aromatic heterocycles. The molecule has 4 rings (SSSR count). The van der Waals surface area contributed by atoms with Gasteiger partial charge in [-0.3, -0.25) is 9.69 Å². The first-order chi connectivity index (χ1) is 11.3. The summed E-state index contributed by atoms with van der Waals surface area (Å²) < 4.78 is 11.4. The van der Waals surface area contributed by atoms with Gasteiger partial charge in [0.2, 0.25) is 5.91 Å². The van der Waals surface area contributed by atoms with E-state index in [-0.39, 0.29) is 24.0 Å². The first kappa shape index (κ1) is 15.1. The molecule has 0 aliphatic carbocycles. The molecular formula is C18H24N2O3. The maximum absolute atomic E-state index is 12.8. The van der Waals surface area contributed by atoms with Crippen LogP contribution in [0.3, 0.4) is 0 Å².